The Morgan fingerprint density at radius 3 is 2.57 bits per heavy atom. The Labute approximate surface area is 135 Å². The van der Waals surface area contributed by atoms with Gasteiger partial charge in [0.15, 0.2) is 0 Å². The molecule has 1 aromatic carbocycles. The van der Waals surface area contributed by atoms with Gasteiger partial charge in [-0.15, -0.1) is 0 Å². The summed E-state index contributed by atoms with van der Waals surface area (Å²) in [6, 6.07) is 12.6. The molecule has 1 N–H and O–H groups in total. The van der Waals surface area contributed by atoms with Crippen molar-refractivity contribution < 1.29 is 4.79 Å². The summed E-state index contributed by atoms with van der Waals surface area (Å²) in [6.45, 7) is 2.88. The maximum absolute atomic E-state index is 12.2. The first kappa shape index (κ1) is 16.9. The highest BCUT2D eigenvalue weighted by atomic mass is 16.2. The van der Waals surface area contributed by atoms with Crippen LogP contribution in [0.25, 0.3) is 0 Å². The van der Waals surface area contributed by atoms with E-state index in [1.54, 1.807) is 0 Å². The molecule has 0 saturated heterocycles. The minimum absolute atomic E-state index is 0.217. The summed E-state index contributed by atoms with van der Waals surface area (Å²) in [5.41, 5.74) is 0.972. The number of benzene rings is 1. The lowest BCUT2D eigenvalue weighted by Gasteiger charge is -2.19. The monoisotopic (exact) mass is 314 g/mol. The highest BCUT2D eigenvalue weighted by Gasteiger charge is 2.12. The number of carbonyl (C=O) groups excluding carboxylic acids is 1. The molecule has 0 aliphatic carbocycles. The Kier molecular flexibility index (Phi) is 5.65. The highest BCUT2D eigenvalue weighted by Crippen LogP contribution is 2.00. The third-order valence-corrected chi connectivity index (χ3v) is 3.71. The lowest BCUT2D eigenvalue weighted by atomic mass is 10.2. The van der Waals surface area contributed by atoms with Crippen LogP contribution >= 0.6 is 0 Å². The average molecular weight is 314 g/mol. The molecule has 6 nitrogen and oxygen atoms in total. The van der Waals surface area contributed by atoms with Crippen LogP contribution in [0.3, 0.4) is 0 Å². The molecule has 1 heterocycles. The van der Waals surface area contributed by atoms with Crippen LogP contribution in [0.4, 0.5) is 0 Å². The first-order valence-electron chi connectivity index (χ1n) is 7.54. The molecule has 0 saturated carbocycles. The normalized spacial score (nSPS) is 12.2. The van der Waals surface area contributed by atoms with Gasteiger partial charge in [-0.1, -0.05) is 30.3 Å². The topological polar surface area (TPSA) is 67.2 Å². The van der Waals surface area contributed by atoms with Gasteiger partial charge < -0.3 is 10.2 Å². The van der Waals surface area contributed by atoms with E-state index in [1.165, 1.54) is 16.8 Å². The lowest BCUT2D eigenvalue weighted by Crippen LogP contribution is -2.39. The highest BCUT2D eigenvalue weighted by molar-refractivity contribution is 5.92. The van der Waals surface area contributed by atoms with E-state index in [0.717, 1.165) is 5.56 Å². The average Bonchev–Trinajstić information content (AvgIpc) is 2.55. The van der Waals surface area contributed by atoms with Crippen LogP contribution in [0, 0.1) is 0 Å². The third kappa shape index (κ3) is 4.75. The van der Waals surface area contributed by atoms with Crippen LogP contribution in [-0.4, -0.2) is 47.3 Å². The molecule has 1 unspecified atom stereocenters. The van der Waals surface area contributed by atoms with Crippen LogP contribution in [0.1, 0.15) is 23.0 Å². The zero-order chi connectivity index (χ0) is 16.8. The second-order valence-electron chi connectivity index (χ2n) is 5.72. The molecule has 0 bridgehead atoms. The van der Waals surface area contributed by atoms with Gasteiger partial charge in [-0.05, 0) is 32.6 Å². The number of aromatic nitrogens is 2. The second-order valence-corrected chi connectivity index (χ2v) is 5.72. The molecule has 23 heavy (non-hydrogen) atoms. The van der Waals surface area contributed by atoms with Gasteiger partial charge in [0, 0.05) is 18.7 Å². The van der Waals surface area contributed by atoms with Gasteiger partial charge in [0.25, 0.3) is 11.5 Å². The molecule has 0 radical (unpaired) electrons. The fourth-order valence-electron chi connectivity index (χ4n) is 1.95. The predicted octanol–water partition coefficient (Wildman–Crippen LogP) is 0.971. The van der Waals surface area contributed by atoms with Gasteiger partial charge in [-0.3, -0.25) is 9.59 Å². The lowest BCUT2D eigenvalue weighted by molar-refractivity contribution is 0.0936. The summed E-state index contributed by atoms with van der Waals surface area (Å²) in [5.74, 6) is -0.277. The van der Waals surface area contributed by atoms with Crippen LogP contribution in [0.2, 0.25) is 0 Å². The Morgan fingerprint density at radius 2 is 1.91 bits per heavy atom. The molecule has 1 amide bonds. The van der Waals surface area contributed by atoms with Crippen molar-refractivity contribution in [2.24, 2.45) is 0 Å². The molecule has 2 aromatic rings. The Hall–Kier alpha value is -2.47. The standard InChI is InChI=1S/C17H22N4O2/c1-13(20(2)3)11-18-17(23)15-9-10-16(22)21(19-15)12-14-7-5-4-6-8-14/h4-10,13H,11-12H2,1-3H3,(H,18,23). The van der Waals surface area contributed by atoms with E-state index >= 15 is 0 Å². The molecule has 1 atom stereocenters. The van der Waals surface area contributed by atoms with Crippen molar-refractivity contribution in [2.75, 3.05) is 20.6 Å². The first-order valence-corrected chi connectivity index (χ1v) is 7.54. The van der Waals surface area contributed by atoms with E-state index < -0.39 is 0 Å². The second kappa shape index (κ2) is 7.69. The van der Waals surface area contributed by atoms with Crippen LogP contribution < -0.4 is 10.9 Å². The molecule has 0 aliphatic rings. The van der Waals surface area contributed by atoms with Gasteiger partial charge >= 0.3 is 0 Å². The summed E-state index contributed by atoms with van der Waals surface area (Å²) >= 11 is 0. The molecule has 122 valence electrons. The number of hydrogen-bond acceptors (Lipinski definition) is 4. The summed E-state index contributed by atoms with van der Waals surface area (Å²) in [6.07, 6.45) is 0. The maximum Gasteiger partial charge on any atom is 0.271 e. The number of hydrogen-bond donors (Lipinski definition) is 1. The summed E-state index contributed by atoms with van der Waals surface area (Å²) < 4.78 is 1.31. The van der Waals surface area contributed by atoms with E-state index in [-0.39, 0.29) is 23.2 Å². The Morgan fingerprint density at radius 1 is 1.22 bits per heavy atom. The van der Waals surface area contributed by atoms with Gasteiger partial charge in [0.05, 0.1) is 6.54 Å². The van der Waals surface area contributed by atoms with Crippen LogP contribution in [0.5, 0.6) is 0 Å². The van der Waals surface area contributed by atoms with Crippen molar-refractivity contribution in [3.63, 3.8) is 0 Å². The summed E-state index contributed by atoms with van der Waals surface area (Å²) in [7, 11) is 3.91. The van der Waals surface area contributed by atoms with E-state index in [4.69, 9.17) is 0 Å². The fourth-order valence-corrected chi connectivity index (χ4v) is 1.95. The molecule has 0 fully saturated rings. The zero-order valence-electron chi connectivity index (χ0n) is 13.7. The predicted molar refractivity (Wildman–Crippen MR) is 89.5 cm³/mol. The van der Waals surface area contributed by atoms with Gasteiger partial charge in [0.1, 0.15) is 5.69 Å². The summed E-state index contributed by atoms with van der Waals surface area (Å²) in [4.78, 5) is 26.1. The third-order valence-electron chi connectivity index (χ3n) is 3.71. The van der Waals surface area contributed by atoms with E-state index in [1.807, 2.05) is 56.3 Å². The smallest absolute Gasteiger partial charge is 0.271 e. The van der Waals surface area contributed by atoms with E-state index in [0.29, 0.717) is 13.1 Å². The van der Waals surface area contributed by atoms with Crippen molar-refractivity contribution in [1.29, 1.82) is 0 Å². The van der Waals surface area contributed by atoms with Crippen molar-refractivity contribution >= 4 is 5.91 Å². The van der Waals surface area contributed by atoms with E-state index in [2.05, 4.69) is 10.4 Å². The molecule has 0 aliphatic heterocycles. The number of amides is 1. The zero-order valence-corrected chi connectivity index (χ0v) is 13.7. The Bertz CT molecular complexity index is 710. The number of nitrogens with zero attached hydrogens (tertiary/aromatic N) is 3. The molecule has 2 rings (SSSR count). The minimum Gasteiger partial charge on any atom is -0.349 e. The van der Waals surface area contributed by atoms with Gasteiger partial charge in [-0.2, -0.15) is 5.10 Å². The molecular formula is C17H22N4O2. The SMILES string of the molecule is CC(CNC(=O)c1ccc(=O)n(Cc2ccccc2)n1)N(C)C. The van der Waals surface area contributed by atoms with E-state index in [9.17, 15) is 9.59 Å². The number of carbonyl (C=O) groups is 1. The summed E-state index contributed by atoms with van der Waals surface area (Å²) in [5, 5.41) is 7.00. The quantitative estimate of drug-likeness (QED) is 0.863. The van der Waals surface area contributed by atoms with Crippen LogP contribution in [-0.2, 0) is 6.54 Å². The minimum atomic E-state index is -0.277. The molecule has 0 spiro atoms. The number of nitrogens with one attached hydrogen (secondary N) is 1. The number of rotatable bonds is 6. The fraction of sp³-hybridized carbons (Fsp3) is 0.353. The molecule has 1 aromatic heterocycles. The largest absolute Gasteiger partial charge is 0.349 e. The van der Waals surface area contributed by atoms with Crippen molar-refractivity contribution in [3.8, 4) is 0 Å². The molecular weight excluding hydrogens is 292 g/mol. The van der Waals surface area contributed by atoms with Crippen LogP contribution in [0.15, 0.2) is 47.3 Å². The van der Waals surface area contributed by atoms with Gasteiger partial charge in [-0.25, -0.2) is 4.68 Å². The molecule has 6 heteroatoms. The van der Waals surface area contributed by atoms with Crippen molar-refractivity contribution in [1.82, 2.24) is 20.0 Å². The first-order chi connectivity index (χ1) is 11.0. The number of likely N-dealkylation sites (N-methyl/N-ethyl adjacent to an activating group) is 1. The maximum atomic E-state index is 12.2. The Balaban J connectivity index is 2.10. The van der Waals surface area contributed by atoms with Crippen molar-refractivity contribution in [2.45, 2.75) is 19.5 Å². The van der Waals surface area contributed by atoms with Gasteiger partial charge in [0.2, 0.25) is 0 Å². The van der Waals surface area contributed by atoms with Crippen molar-refractivity contribution in [3.05, 3.63) is 64.1 Å².